The standard InChI is InChI=1S/C21H15ClN4O2/c1-28-21-25-19-17(20(27)26-21)16(12-7-9-14(22)10-8-12)15(11-23)18(24-19)13-5-3-2-4-6-13/h2-10,16H,1H3,(H2,24,25,26,27). The molecule has 0 radical (unpaired) electrons. The number of ether oxygens (including phenoxy) is 1. The minimum Gasteiger partial charge on any atom is -0.468 e. The number of benzene rings is 2. The van der Waals surface area contributed by atoms with Crippen LogP contribution in [-0.4, -0.2) is 17.1 Å². The summed E-state index contributed by atoms with van der Waals surface area (Å²) in [5.41, 5.74) is 2.63. The molecule has 2 aromatic carbocycles. The van der Waals surface area contributed by atoms with Crippen LogP contribution in [0.25, 0.3) is 5.70 Å². The third kappa shape index (κ3) is 3.02. The average Bonchev–Trinajstić information content (AvgIpc) is 2.73. The molecule has 28 heavy (non-hydrogen) atoms. The number of allylic oxidation sites excluding steroid dienone is 1. The lowest BCUT2D eigenvalue weighted by Gasteiger charge is -2.28. The summed E-state index contributed by atoms with van der Waals surface area (Å²) in [5.74, 6) is -0.228. The van der Waals surface area contributed by atoms with Crippen LogP contribution in [0, 0.1) is 11.3 Å². The Labute approximate surface area is 166 Å². The van der Waals surface area contributed by atoms with Crippen LogP contribution >= 0.6 is 11.6 Å². The van der Waals surface area contributed by atoms with Crippen LogP contribution in [0.15, 0.2) is 65.0 Å². The Morgan fingerprint density at radius 2 is 1.86 bits per heavy atom. The summed E-state index contributed by atoms with van der Waals surface area (Å²) in [6.45, 7) is 0. The molecule has 1 aliphatic rings. The summed E-state index contributed by atoms with van der Waals surface area (Å²) in [6.07, 6.45) is 0. The minimum absolute atomic E-state index is 0.0962. The molecule has 6 nitrogen and oxygen atoms in total. The number of rotatable bonds is 3. The minimum atomic E-state index is -0.587. The molecule has 1 unspecified atom stereocenters. The zero-order chi connectivity index (χ0) is 19.7. The van der Waals surface area contributed by atoms with E-state index < -0.39 is 5.92 Å². The fraction of sp³-hybridized carbons (Fsp3) is 0.0952. The van der Waals surface area contributed by atoms with E-state index in [1.165, 1.54) is 7.11 Å². The Kier molecular flexibility index (Phi) is 4.60. The van der Waals surface area contributed by atoms with Crippen molar-refractivity contribution < 1.29 is 4.74 Å². The van der Waals surface area contributed by atoms with Crippen LogP contribution < -0.4 is 15.6 Å². The quantitative estimate of drug-likeness (QED) is 0.707. The number of methoxy groups -OCH3 is 1. The van der Waals surface area contributed by atoms with Crippen LogP contribution in [0.4, 0.5) is 5.82 Å². The highest BCUT2D eigenvalue weighted by Gasteiger charge is 2.34. The van der Waals surface area contributed by atoms with Gasteiger partial charge < -0.3 is 10.1 Å². The molecule has 7 heteroatoms. The van der Waals surface area contributed by atoms with E-state index in [9.17, 15) is 10.1 Å². The Hall–Kier alpha value is -3.56. The first-order valence-electron chi connectivity index (χ1n) is 8.52. The summed E-state index contributed by atoms with van der Waals surface area (Å²) in [5, 5.41) is 13.7. The van der Waals surface area contributed by atoms with Crippen molar-refractivity contribution in [3.05, 3.63) is 92.2 Å². The van der Waals surface area contributed by atoms with Crippen molar-refractivity contribution in [2.45, 2.75) is 5.92 Å². The molecule has 1 aromatic heterocycles. The molecule has 2 heterocycles. The lowest BCUT2D eigenvalue weighted by Crippen LogP contribution is -2.27. The second-order valence-corrected chi connectivity index (χ2v) is 6.65. The highest BCUT2D eigenvalue weighted by atomic mass is 35.5. The first kappa shape index (κ1) is 17.8. The van der Waals surface area contributed by atoms with Crippen LogP contribution in [-0.2, 0) is 0 Å². The highest BCUT2D eigenvalue weighted by molar-refractivity contribution is 6.30. The average molecular weight is 391 g/mol. The molecule has 0 spiro atoms. The number of nitrogens with zero attached hydrogens (tertiary/aromatic N) is 2. The van der Waals surface area contributed by atoms with Gasteiger partial charge in [-0.05, 0) is 23.3 Å². The van der Waals surface area contributed by atoms with Gasteiger partial charge in [0.05, 0.1) is 35.9 Å². The van der Waals surface area contributed by atoms with E-state index in [2.05, 4.69) is 21.4 Å². The SMILES string of the molecule is COc1nc2c(c(=O)[nH]1)C(c1ccc(Cl)cc1)C(C#N)=C(c1ccccc1)N2. The molecule has 0 saturated heterocycles. The van der Waals surface area contributed by atoms with E-state index in [1.54, 1.807) is 12.1 Å². The van der Waals surface area contributed by atoms with Gasteiger partial charge in [-0.1, -0.05) is 54.1 Å². The molecule has 0 aliphatic carbocycles. The van der Waals surface area contributed by atoms with Crippen molar-refractivity contribution in [2.24, 2.45) is 0 Å². The molecule has 3 aromatic rings. The van der Waals surface area contributed by atoms with Crippen molar-refractivity contribution >= 4 is 23.1 Å². The van der Waals surface area contributed by atoms with Crippen LogP contribution in [0.1, 0.15) is 22.6 Å². The summed E-state index contributed by atoms with van der Waals surface area (Å²) >= 11 is 6.03. The molecule has 1 atom stereocenters. The largest absolute Gasteiger partial charge is 0.468 e. The second-order valence-electron chi connectivity index (χ2n) is 6.21. The number of aromatic amines is 1. The van der Waals surface area contributed by atoms with Gasteiger partial charge in [0.25, 0.3) is 11.6 Å². The third-order valence-electron chi connectivity index (χ3n) is 4.60. The van der Waals surface area contributed by atoms with Crippen molar-refractivity contribution in [2.75, 3.05) is 12.4 Å². The number of H-pyrrole nitrogens is 1. The molecule has 0 bridgehead atoms. The normalized spacial score (nSPS) is 15.4. The Balaban J connectivity index is 2.02. The Morgan fingerprint density at radius 1 is 1.14 bits per heavy atom. The molecule has 0 saturated carbocycles. The predicted molar refractivity (Wildman–Crippen MR) is 107 cm³/mol. The molecule has 2 N–H and O–H groups in total. The van der Waals surface area contributed by atoms with E-state index >= 15 is 0 Å². The van der Waals surface area contributed by atoms with Gasteiger partial charge in [-0.15, -0.1) is 0 Å². The first-order chi connectivity index (χ1) is 13.6. The van der Waals surface area contributed by atoms with E-state index in [0.29, 0.717) is 27.7 Å². The predicted octanol–water partition coefficient (Wildman–Crippen LogP) is 3.92. The number of halogens is 1. The molecular weight excluding hydrogens is 376 g/mol. The number of hydrogen-bond donors (Lipinski definition) is 2. The number of aromatic nitrogens is 2. The zero-order valence-corrected chi connectivity index (χ0v) is 15.6. The maximum atomic E-state index is 12.8. The van der Waals surface area contributed by atoms with Crippen molar-refractivity contribution in [3.8, 4) is 12.1 Å². The number of nitrogens with one attached hydrogen (secondary N) is 2. The Bertz CT molecular complexity index is 1160. The number of nitriles is 1. The smallest absolute Gasteiger partial charge is 0.298 e. The summed E-state index contributed by atoms with van der Waals surface area (Å²) in [6, 6.07) is 18.9. The van der Waals surface area contributed by atoms with Crippen molar-refractivity contribution in [3.63, 3.8) is 0 Å². The lowest BCUT2D eigenvalue weighted by atomic mass is 9.81. The lowest BCUT2D eigenvalue weighted by molar-refractivity contribution is 0.378. The van der Waals surface area contributed by atoms with Gasteiger partial charge in [-0.3, -0.25) is 9.78 Å². The fourth-order valence-corrected chi connectivity index (χ4v) is 3.46. The van der Waals surface area contributed by atoms with E-state index in [-0.39, 0.29) is 11.6 Å². The van der Waals surface area contributed by atoms with E-state index in [0.717, 1.165) is 11.1 Å². The van der Waals surface area contributed by atoms with Gasteiger partial charge in [0.15, 0.2) is 0 Å². The maximum Gasteiger partial charge on any atom is 0.298 e. The first-order valence-corrected chi connectivity index (χ1v) is 8.90. The van der Waals surface area contributed by atoms with Crippen LogP contribution in [0.2, 0.25) is 5.02 Å². The van der Waals surface area contributed by atoms with Gasteiger partial charge in [-0.25, -0.2) is 0 Å². The molecule has 0 fully saturated rings. The van der Waals surface area contributed by atoms with Crippen LogP contribution in [0.3, 0.4) is 0 Å². The highest BCUT2D eigenvalue weighted by Crippen LogP contribution is 2.42. The molecule has 138 valence electrons. The maximum absolute atomic E-state index is 12.8. The summed E-state index contributed by atoms with van der Waals surface area (Å²) in [4.78, 5) is 19.8. The third-order valence-corrected chi connectivity index (χ3v) is 4.86. The van der Waals surface area contributed by atoms with Gasteiger partial charge in [0.1, 0.15) is 5.82 Å². The summed E-state index contributed by atoms with van der Waals surface area (Å²) < 4.78 is 5.11. The van der Waals surface area contributed by atoms with Gasteiger partial charge >= 0.3 is 0 Å². The topological polar surface area (TPSA) is 90.8 Å². The Morgan fingerprint density at radius 3 is 2.50 bits per heavy atom. The van der Waals surface area contributed by atoms with Crippen molar-refractivity contribution in [1.82, 2.24) is 9.97 Å². The molecule has 0 amide bonds. The molecular formula is C21H15ClN4O2. The monoisotopic (exact) mass is 390 g/mol. The number of anilines is 1. The number of hydrogen-bond acceptors (Lipinski definition) is 5. The molecule has 1 aliphatic heterocycles. The van der Waals surface area contributed by atoms with Gasteiger partial charge in [0, 0.05) is 5.02 Å². The second kappa shape index (κ2) is 7.22. The van der Waals surface area contributed by atoms with Gasteiger partial charge in [0.2, 0.25) is 0 Å². The van der Waals surface area contributed by atoms with Crippen LogP contribution in [0.5, 0.6) is 6.01 Å². The fourth-order valence-electron chi connectivity index (χ4n) is 3.34. The molecule has 4 rings (SSSR count). The van der Waals surface area contributed by atoms with E-state index in [1.807, 2.05) is 42.5 Å². The summed E-state index contributed by atoms with van der Waals surface area (Å²) in [7, 11) is 1.43. The van der Waals surface area contributed by atoms with Crippen molar-refractivity contribution in [1.29, 1.82) is 5.26 Å². The van der Waals surface area contributed by atoms with E-state index in [4.69, 9.17) is 16.3 Å². The zero-order valence-electron chi connectivity index (χ0n) is 14.9. The number of fused-ring (bicyclic) bond motifs is 1. The van der Waals surface area contributed by atoms with Gasteiger partial charge in [-0.2, -0.15) is 10.2 Å².